The number of halogens is 1. The second kappa shape index (κ2) is 4.97. The molecule has 3 nitrogen and oxygen atoms in total. The van der Waals surface area contributed by atoms with Gasteiger partial charge in [-0.05, 0) is 24.3 Å². The molecule has 0 radical (unpaired) electrons. The van der Waals surface area contributed by atoms with Crippen LogP contribution in [-0.2, 0) is 0 Å². The average Bonchev–Trinajstić information content (AvgIpc) is 2.33. The number of rotatable bonds is 2. The summed E-state index contributed by atoms with van der Waals surface area (Å²) in [7, 11) is 0. The van der Waals surface area contributed by atoms with Gasteiger partial charge in [0, 0.05) is 17.3 Å². The number of hydrogen-bond donors (Lipinski definition) is 0. The van der Waals surface area contributed by atoms with E-state index in [2.05, 4.69) is 9.97 Å². The molecule has 2 aromatic rings. The fraction of sp³-hybridized carbons (Fsp3) is 0. The fourth-order valence-electron chi connectivity index (χ4n) is 1.05. The Bertz CT molecular complexity index is 516. The summed E-state index contributed by atoms with van der Waals surface area (Å²) < 4.78 is 0. The van der Waals surface area contributed by atoms with E-state index in [1.165, 1.54) is 11.8 Å². The number of pyridine rings is 2. The molecule has 0 saturated carbocycles. The zero-order valence-electron chi connectivity index (χ0n) is 8.09. The molecule has 5 heteroatoms. The van der Waals surface area contributed by atoms with Crippen LogP contribution in [-0.4, -0.2) is 9.97 Å². The Labute approximate surface area is 102 Å². The van der Waals surface area contributed by atoms with E-state index >= 15 is 0 Å². The molecule has 2 rings (SSSR count). The summed E-state index contributed by atoms with van der Waals surface area (Å²) >= 11 is 7.21. The third-order valence-corrected chi connectivity index (χ3v) is 2.92. The first-order chi connectivity index (χ1) is 7.78. The Balaban J connectivity index is 2.15. The second-order valence-corrected chi connectivity index (χ2v) is 4.44. The molecule has 0 spiro atoms. The second-order valence-electron chi connectivity index (χ2n) is 2.91. The minimum Gasteiger partial charge on any atom is -0.248 e. The molecule has 0 bridgehead atoms. The van der Waals surface area contributed by atoms with Crippen molar-refractivity contribution in [3.8, 4) is 6.07 Å². The van der Waals surface area contributed by atoms with Gasteiger partial charge in [-0.3, -0.25) is 0 Å². The first-order valence-electron chi connectivity index (χ1n) is 4.43. The van der Waals surface area contributed by atoms with Gasteiger partial charge in [0.05, 0.1) is 5.02 Å². The summed E-state index contributed by atoms with van der Waals surface area (Å²) in [6.45, 7) is 0. The van der Waals surface area contributed by atoms with Crippen molar-refractivity contribution in [2.24, 2.45) is 0 Å². The van der Waals surface area contributed by atoms with Gasteiger partial charge in [0.25, 0.3) is 0 Å². The van der Waals surface area contributed by atoms with Crippen molar-refractivity contribution in [2.75, 3.05) is 0 Å². The van der Waals surface area contributed by atoms with E-state index in [1.807, 2.05) is 18.2 Å². The van der Waals surface area contributed by atoms with Crippen LogP contribution in [0.1, 0.15) is 5.69 Å². The maximum atomic E-state index is 8.60. The normalized spacial score (nSPS) is 9.75. The Morgan fingerprint density at radius 2 is 2.00 bits per heavy atom. The molecule has 0 fully saturated rings. The molecule has 0 saturated heterocycles. The number of nitrogens with zero attached hydrogens (tertiary/aromatic N) is 3. The van der Waals surface area contributed by atoms with E-state index in [0.29, 0.717) is 10.7 Å². The van der Waals surface area contributed by atoms with Crippen LogP contribution in [0.15, 0.2) is 46.6 Å². The third kappa shape index (κ3) is 2.72. The summed E-state index contributed by atoms with van der Waals surface area (Å²) in [4.78, 5) is 9.07. The zero-order valence-corrected chi connectivity index (χ0v) is 9.66. The molecule has 16 heavy (non-hydrogen) atoms. The van der Waals surface area contributed by atoms with Crippen LogP contribution in [0.2, 0.25) is 5.02 Å². The molecule has 0 N–H and O–H groups in total. The molecular formula is C11H6ClN3S. The van der Waals surface area contributed by atoms with Crippen molar-refractivity contribution in [1.29, 1.82) is 5.26 Å². The third-order valence-electron chi connectivity index (χ3n) is 1.77. The Morgan fingerprint density at radius 3 is 2.56 bits per heavy atom. The van der Waals surface area contributed by atoms with Gasteiger partial charge in [0.2, 0.25) is 0 Å². The van der Waals surface area contributed by atoms with E-state index in [9.17, 15) is 0 Å². The number of aromatic nitrogens is 2. The zero-order chi connectivity index (χ0) is 11.4. The summed E-state index contributed by atoms with van der Waals surface area (Å²) in [5, 5.41) is 10.1. The SMILES string of the molecule is N#Cc1ccc(Sc2ccc(Cl)cn2)cn1. The number of nitriles is 1. The van der Waals surface area contributed by atoms with Crippen LogP contribution in [0.5, 0.6) is 0 Å². The van der Waals surface area contributed by atoms with Gasteiger partial charge in [0.1, 0.15) is 16.8 Å². The monoisotopic (exact) mass is 247 g/mol. The van der Waals surface area contributed by atoms with Crippen molar-refractivity contribution in [3.05, 3.63) is 47.4 Å². The van der Waals surface area contributed by atoms with Gasteiger partial charge in [0.15, 0.2) is 0 Å². The van der Waals surface area contributed by atoms with Crippen molar-refractivity contribution < 1.29 is 0 Å². The van der Waals surface area contributed by atoms with Crippen molar-refractivity contribution in [3.63, 3.8) is 0 Å². The first kappa shape index (κ1) is 10.9. The van der Waals surface area contributed by atoms with Crippen LogP contribution in [0.3, 0.4) is 0 Å². The van der Waals surface area contributed by atoms with Gasteiger partial charge in [-0.25, -0.2) is 9.97 Å². The lowest BCUT2D eigenvalue weighted by atomic mass is 10.4. The predicted molar refractivity (Wildman–Crippen MR) is 62.3 cm³/mol. The Hall–Kier alpha value is -1.57. The standard InChI is InChI=1S/C11H6ClN3S/c12-8-1-4-11(15-6-8)16-10-3-2-9(5-13)14-7-10/h1-4,6-7H. The topological polar surface area (TPSA) is 49.6 Å². The van der Waals surface area contributed by atoms with E-state index < -0.39 is 0 Å². The summed E-state index contributed by atoms with van der Waals surface area (Å²) in [5.41, 5.74) is 0.411. The van der Waals surface area contributed by atoms with Crippen LogP contribution >= 0.6 is 23.4 Å². The molecule has 2 aromatic heterocycles. The van der Waals surface area contributed by atoms with Crippen LogP contribution in [0, 0.1) is 11.3 Å². The quantitative estimate of drug-likeness (QED) is 0.818. The highest BCUT2D eigenvalue weighted by Gasteiger charge is 1.99. The predicted octanol–water partition coefficient (Wildman–Crippen LogP) is 3.15. The van der Waals surface area contributed by atoms with Crippen LogP contribution < -0.4 is 0 Å². The van der Waals surface area contributed by atoms with Gasteiger partial charge >= 0.3 is 0 Å². The molecule has 2 heterocycles. The highest BCUT2D eigenvalue weighted by atomic mass is 35.5. The molecule has 0 aliphatic rings. The van der Waals surface area contributed by atoms with E-state index in [1.54, 1.807) is 24.5 Å². The molecule has 0 aliphatic carbocycles. The summed E-state index contributed by atoms with van der Waals surface area (Å²) in [6, 6.07) is 9.11. The van der Waals surface area contributed by atoms with Gasteiger partial charge in [-0.15, -0.1) is 0 Å². The van der Waals surface area contributed by atoms with E-state index in [0.717, 1.165) is 9.92 Å². The maximum Gasteiger partial charge on any atom is 0.140 e. The van der Waals surface area contributed by atoms with Crippen molar-refractivity contribution in [1.82, 2.24) is 9.97 Å². The van der Waals surface area contributed by atoms with Crippen LogP contribution in [0.4, 0.5) is 0 Å². The molecule has 0 aliphatic heterocycles. The molecule has 78 valence electrons. The molecule has 0 unspecified atom stereocenters. The number of hydrogen-bond acceptors (Lipinski definition) is 4. The van der Waals surface area contributed by atoms with Gasteiger partial charge in [-0.2, -0.15) is 5.26 Å². The van der Waals surface area contributed by atoms with Crippen LogP contribution in [0.25, 0.3) is 0 Å². The molecule has 0 atom stereocenters. The van der Waals surface area contributed by atoms with Gasteiger partial charge in [-0.1, -0.05) is 23.4 Å². The van der Waals surface area contributed by atoms with Crippen molar-refractivity contribution in [2.45, 2.75) is 9.92 Å². The van der Waals surface area contributed by atoms with Gasteiger partial charge < -0.3 is 0 Å². The lowest BCUT2D eigenvalue weighted by Crippen LogP contribution is -1.83. The maximum absolute atomic E-state index is 8.60. The molecule has 0 aromatic carbocycles. The first-order valence-corrected chi connectivity index (χ1v) is 5.63. The highest BCUT2D eigenvalue weighted by Crippen LogP contribution is 2.25. The minimum atomic E-state index is 0.411. The molecular weight excluding hydrogens is 242 g/mol. The highest BCUT2D eigenvalue weighted by molar-refractivity contribution is 7.99. The fourth-order valence-corrected chi connectivity index (χ4v) is 1.89. The lowest BCUT2D eigenvalue weighted by Gasteiger charge is -1.99. The van der Waals surface area contributed by atoms with E-state index in [4.69, 9.17) is 16.9 Å². The Kier molecular flexibility index (Phi) is 3.40. The smallest absolute Gasteiger partial charge is 0.140 e. The lowest BCUT2D eigenvalue weighted by molar-refractivity contribution is 1.12. The van der Waals surface area contributed by atoms with Crippen molar-refractivity contribution >= 4 is 23.4 Å². The summed E-state index contributed by atoms with van der Waals surface area (Å²) in [5.74, 6) is 0. The minimum absolute atomic E-state index is 0.411. The molecule has 0 amide bonds. The largest absolute Gasteiger partial charge is 0.248 e. The summed E-state index contributed by atoms with van der Waals surface area (Å²) in [6.07, 6.45) is 3.25. The average molecular weight is 248 g/mol. The Morgan fingerprint density at radius 1 is 1.12 bits per heavy atom. The van der Waals surface area contributed by atoms with E-state index in [-0.39, 0.29) is 0 Å².